The Morgan fingerprint density at radius 1 is 1.41 bits per heavy atom. The summed E-state index contributed by atoms with van der Waals surface area (Å²) in [6, 6.07) is 7.69. The molecule has 4 nitrogen and oxygen atoms in total. The highest BCUT2D eigenvalue weighted by Crippen LogP contribution is 2.19. The predicted octanol–water partition coefficient (Wildman–Crippen LogP) is 2.11. The minimum Gasteiger partial charge on any atom is -0.485 e. The molecule has 0 bridgehead atoms. The lowest BCUT2D eigenvalue weighted by Gasteiger charge is -2.10. The van der Waals surface area contributed by atoms with Crippen LogP contribution in [0.15, 0.2) is 30.5 Å². The number of hydrogen-bond acceptors (Lipinski definition) is 3. The molecule has 1 aromatic heterocycles. The first-order valence-corrected chi connectivity index (χ1v) is 5.67. The fraction of sp³-hybridized carbons (Fsp3) is 0.250. The zero-order valence-corrected chi connectivity index (χ0v) is 10.3. The quantitative estimate of drug-likeness (QED) is 0.906. The molecule has 0 radical (unpaired) electrons. The van der Waals surface area contributed by atoms with Crippen molar-refractivity contribution in [2.75, 3.05) is 0 Å². The van der Waals surface area contributed by atoms with Crippen molar-refractivity contribution in [3.05, 3.63) is 47.0 Å². The Balaban J connectivity index is 2.10. The number of para-hydroxylation sites is 1. The minimum atomic E-state index is 0.375. The standard InChI is InChI=1S/C12H14ClN3O/c1-16-11(13)7-15-12(16)8-17-10-5-3-2-4-9(10)6-14/h2-5,7H,6,8,14H2,1H3. The summed E-state index contributed by atoms with van der Waals surface area (Å²) in [7, 11) is 1.85. The smallest absolute Gasteiger partial charge is 0.147 e. The van der Waals surface area contributed by atoms with Crippen molar-refractivity contribution in [1.82, 2.24) is 9.55 Å². The maximum absolute atomic E-state index is 5.89. The lowest BCUT2D eigenvalue weighted by molar-refractivity contribution is 0.289. The number of imidazole rings is 1. The summed E-state index contributed by atoms with van der Waals surface area (Å²) in [6.07, 6.45) is 1.61. The molecule has 1 heterocycles. The van der Waals surface area contributed by atoms with Crippen LogP contribution in [-0.2, 0) is 20.2 Å². The zero-order valence-electron chi connectivity index (χ0n) is 9.56. The number of halogens is 1. The van der Waals surface area contributed by atoms with Gasteiger partial charge in [0.1, 0.15) is 23.3 Å². The van der Waals surface area contributed by atoms with Gasteiger partial charge in [0.2, 0.25) is 0 Å². The summed E-state index contributed by atoms with van der Waals surface area (Å²) in [5.74, 6) is 1.57. The van der Waals surface area contributed by atoms with Crippen molar-refractivity contribution in [2.45, 2.75) is 13.2 Å². The average molecular weight is 252 g/mol. The van der Waals surface area contributed by atoms with E-state index in [9.17, 15) is 0 Å². The van der Waals surface area contributed by atoms with Crippen molar-refractivity contribution in [2.24, 2.45) is 12.8 Å². The summed E-state index contributed by atoms with van der Waals surface area (Å²) in [4.78, 5) is 4.16. The molecule has 0 aliphatic carbocycles. The highest BCUT2D eigenvalue weighted by molar-refractivity contribution is 6.29. The van der Waals surface area contributed by atoms with Gasteiger partial charge >= 0.3 is 0 Å². The Hall–Kier alpha value is -1.52. The maximum Gasteiger partial charge on any atom is 0.147 e. The molecule has 5 heteroatoms. The zero-order chi connectivity index (χ0) is 12.3. The normalized spacial score (nSPS) is 10.5. The van der Waals surface area contributed by atoms with Crippen LogP contribution in [-0.4, -0.2) is 9.55 Å². The van der Waals surface area contributed by atoms with E-state index in [4.69, 9.17) is 22.1 Å². The lowest BCUT2D eigenvalue weighted by Crippen LogP contribution is -2.06. The molecule has 0 spiro atoms. The van der Waals surface area contributed by atoms with Gasteiger partial charge in [-0.05, 0) is 6.07 Å². The monoisotopic (exact) mass is 251 g/mol. The Morgan fingerprint density at radius 3 is 2.82 bits per heavy atom. The van der Waals surface area contributed by atoms with Crippen LogP contribution < -0.4 is 10.5 Å². The molecule has 2 aromatic rings. The molecule has 1 aromatic carbocycles. The van der Waals surface area contributed by atoms with Crippen LogP contribution in [0, 0.1) is 0 Å². The van der Waals surface area contributed by atoms with Gasteiger partial charge in [0.05, 0.1) is 6.20 Å². The number of rotatable bonds is 4. The molecule has 0 aliphatic heterocycles. The average Bonchev–Trinajstić information content (AvgIpc) is 2.68. The van der Waals surface area contributed by atoms with E-state index in [1.165, 1.54) is 0 Å². The Labute approximate surface area is 105 Å². The number of ether oxygens (including phenoxy) is 1. The summed E-state index contributed by atoms with van der Waals surface area (Å²) in [5, 5.41) is 0.593. The van der Waals surface area contributed by atoms with Crippen molar-refractivity contribution in [3.63, 3.8) is 0 Å². The van der Waals surface area contributed by atoms with Crippen LogP contribution in [0.3, 0.4) is 0 Å². The van der Waals surface area contributed by atoms with E-state index in [-0.39, 0.29) is 0 Å². The van der Waals surface area contributed by atoms with Crippen LogP contribution in [0.1, 0.15) is 11.4 Å². The number of nitrogens with two attached hydrogens (primary N) is 1. The first kappa shape index (κ1) is 12.0. The molecule has 0 saturated heterocycles. The molecule has 0 aliphatic rings. The summed E-state index contributed by atoms with van der Waals surface area (Å²) >= 11 is 5.89. The second-order valence-electron chi connectivity index (χ2n) is 3.66. The highest BCUT2D eigenvalue weighted by Gasteiger charge is 2.06. The summed E-state index contributed by atoms with van der Waals surface area (Å²) in [6.45, 7) is 0.831. The van der Waals surface area contributed by atoms with Gasteiger partial charge in [-0.2, -0.15) is 0 Å². The van der Waals surface area contributed by atoms with E-state index in [2.05, 4.69) is 4.98 Å². The summed E-state index contributed by atoms with van der Waals surface area (Å²) in [5.41, 5.74) is 6.61. The number of aromatic nitrogens is 2. The second kappa shape index (κ2) is 5.21. The molecule has 0 amide bonds. The van der Waals surface area contributed by atoms with Gasteiger partial charge in [-0.3, -0.25) is 0 Å². The topological polar surface area (TPSA) is 53.1 Å². The van der Waals surface area contributed by atoms with Gasteiger partial charge in [0.25, 0.3) is 0 Å². The van der Waals surface area contributed by atoms with Crippen LogP contribution >= 0.6 is 11.6 Å². The molecule has 0 unspecified atom stereocenters. The molecule has 2 rings (SSSR count). The van der Waals surface area contributed by atoms with Crippen molar-refractivity contribution in [1.29, 1.82) is 0 Å². The molecular formula is C12H14ClN3O. The van der Waals surface area contributed by atoms with Gasteiger partial charge in [0.15, 0.2) is 0 Å². The van der Waals surface area contributed by atoms with Gasteiger partial charge in [0, 0.05) is 19.2 Å². The fourth-order valence-corrected chi connectivity index (χ4v) is 1.66. The third kappa shape index (κ3) is 2.60. The largest absolute Gasteiger partial charge is 0.485 e. The molecule has 90 valence electrons. The first-order valence-electron chi connectivity index (χ1n) is 5.29. The van der Waals surface area contributed by atoms with Gasteiger partial charge < -0.3 is 15.0 Å². The number of hydrogen-bond donors (Lipinski definition) is 1. The molecule has 0 atom stereocenters. The Bertz CT molecular complexity index is 510. The van der Waals surface area contributed by atoms with E-state index in [0.29, 0.717) is 18.3 Å². The predicted molar refractivity (Wildman–Crippen MR) is 66.9 cm³/mol. The second-order valence-corrected chi connectivity index (χ2v) is 4.04. The summed E-state index contributed by atoms with van der Waals surface area (Å²) < 4.78 is 7.47. The first-order chi connectivity index (χ1) is 8.22. The third-order valence-corrected chi connectivity index (χ3v) is 2.93. The van der Waals surface area contributed by atoms with E-state index in [1.807, 2.05) is 31.3 Å². The van der Waals surface area contributed by atoms with E-state index in [0.717, 1.165) is 17.1 Å². The van der Waals surface area contributed by atoms with Crippen molar-refractivity contribution < 1.29 is 4.74 Å². The molecule has 0 fully saturated rings. The van der Waals surface area contributed by atoms with Crippen LogP contribution in [0.5, 0.6) is 5.75 Å². The van der Waals surface area contributed by atoms with Gasteiger partial charge in [-0.15, -0.1) is 0 Å². The van der Waals surface area contributed by atoms with E-state index < -0.39 is 0 Å². The number of nitrogens with zero attached hydrogens (tertiary/aromatic N) is 2. The Kier molecular flexibility index (Phi) is 3.66. The lowest BCUT2D eigenvalue weighted by atomic mass is 10.2. The van der Waals surface area contributed by atoms with Crippen molar-refractivity contribution in [3.8, 4) is 5.75 Å². The van der Waals surface area contributed by atoms with E-state index in [1.54, 1.807) is 10.8 Å². The molecule has 17 heavy (non-hydrogen) atoms. The molecule has 2 N–H and O–H groups in total. The van der Waals surface area contributed by atoms with Crippen LogP contribution in [0.4, 0.5) is 0 Å². The number of benzene rings is 1. The Morgan fingerprint density at radius 2 is 2.18 bits per heavy atom. The highest BCUT2D eigenvalue weighted by atomic mass is 35.5. The van der Waals surface area contributed by atoms with Crippen LogP contribution in [0.25, 0.3) is 0 Å². The minimum absolute atomic E-state index is 0.375. The SMILES string of the molecule is Cn1c(Cl)cnc1COc1ccccc1CN. The molecular weight excluding hydrogens is 238 g/mol. The van der Waals surface area contributed by atoms with Crippen LogP contribution in [0.2, 0.25) is 5.15 Å². The molecule has 0 saturated carbocycles. The van der Waals surface area contributed by atoms with E-state index >= 15 is 0 Å². The van der Waals surface area contributed by atoms with Gasteiger partial charge in [-0.1, -0.05) is 29.8 Å². The third-order valence-electron chi connectivity index (χ3n) is 2.58. The van der Waals surface area contributed by atoms with Crippen molar-refractivity contribution >= 4 is 11.6 Å². The fourth-order valence-electron chi connectivity index (χ4n) is 1.51. The van der Waals surface area contributed by atoms with Gasteiger partial charge in [-0.25, -0.2) is 4.98 Å². The maximum atomic E-state index is 5.89.